The van der Waals surface area contributed by atoms with Gasteiger partial charge in [0.05, 0.1) is 4.88 Å². The molecular formula is C15H8BrNOS2. The van der Waals surface area contributed by atoms with Crippen molar-refractivity contribution >= 4 is 64.7 Å². The van der Waals surface area contributed by atoms with Crippen molar-refractivity contribution < 1.29 is 4.79 Å². The highest BCUT2D eigenvalue weighted by Crippen LogP contribution is 2.32. The van der Waals surface area contributed by atoms with Crippen LogP contribution in [0.2, 0.25) is 0 Å². The Morgan fingerprint density at radius 3 is 2.90 bits per heavy atom. The molecule has 0 bridgehead atoms. The molecule has 0 saturated carbocycles. The van der Waals surface area contributed by atoms with Gasteiger partial charge in [0, 0.05) is 36.5 Å². The number of fused-ring (bicyclic) bond motifs is 2. The molecule has 0 aliphatic carbocycles. The van der Waals surface area contributed by atoms with Gasteiger partial charge in [-0.25, -0.2) is 0 Å². The SMILES string of the molecule is O=C(c1cc2sccc2s1)c1c[nH]c2cc(Br)ccc12. The van der Waals surface area contributed by atoms with Crippen molar-refractivity contribution in [2.24, 2.45) is 0 Å². The van der Waals surface area contributed by atoms with Crippen LogP contribution in [0.25, 0.3) is 20.3 Å². The maximum atomic E-state index is 12.7. The molecule has 0 amide bonds. The fourth-order valence-corrected chi connectivity index (χ4v) is 4.72. The Kier molecular flexibility index (Phi) is 2.80. The highest BCUT2D eigenvalue weighted by Gasteiger charge is 2.17. The summed E-state index contributed by atoms with van der Waals surface area (Å²) in [7, 11) is 0. The van der Waals surface area contributed by atoms with Gasteiger partial charge in [-0.05, 0) is 29.6 Å². The van der Waals surface area contributed by atoms with Gasteiger partial charge >= 0.3 is 0 Å². The van der Waals surface area contributed by atoms with E-state index in [1.54, 1.807) is 28.9 Å². The fraction of sp³-hybridized carbons (Fsp3) is 0. The third-order valence-electron chi connectivity index (χ3n) is 3.25. The standard InChI is InChI=1S/C15H8BrNOS2/c16-8-1-2-9-10(7-17-11(9)5-8)15(18)14-6-13-12(20-14)3-4-19-13/h1-7,17H. The van der Waals surface area contributed by atoms with Gasteiger partial charge in [0.25, 0.3) is 0 Å². The number of aromatic nitrogens is 1. The van der Waals surface area contributed by atoms with Gasteiger partial charge in [-0.1, -0.05) is 22.0 Å². The summed E-state index contributed by atoms with van der Waals surface area (Å²) >= 11 is 6.67. The lowest BCUT2D eigenvalue weighted by molar-refractivity contribution is 0.104. The van der Waals surface area contributed by atoms with Crippen molar-refractivity contribution in [1.82, 2.24) is 4.98 Å². The molecule has 0 radical (unpaired) electrons. The molecule has 98 valence electrons. The molecule has 0 aliphatic heterocycles. The number of carbonyl (C=O) groups excluding carboxylic acids is 1. The number of aromatic amines is 1. The quantitative estimate of drug-likeness (QED) is 0.474. The molecule has 4 rings (SSSR count). The van der Waals surface area contributed by atoms with E-state index in [0.29, 0.717) is 0 Å². The van der Waals surface area contributed by atoms with Crippen LogP contribution in [-0.2, 0) is 0 Å². The summed E-state index contributed by atoms with van der Waals surface area (Å²) in [5.74, 6) is 0.0898. The van der Waals surface area contributed by atoms with Crippen LogP contribution in [0.5, 0.6) is 0 Å². The van der Waals surface area contributed by atoms with Crippen LogP contribution < -0.4 is 0 Å². The zero-order valence-corrected chi connectivity index (χ0v) is 13.4. The summed E-state index contributed by atoms with van der Waals surface area (Å²) in [6.07, 6.45) is 1.80. The predicted octanol–water partition coefficient (Wildman–Crippen LogP) is 5.44. The second-order valence-electron chi connectivity index (χ2n) is 4.48. The normalized spacial score (nSPS) is 11.4. The van der Waals surface area contributed by atoms with Gasteiger partial charge in [0.1, 0.15) is 0 Å². The Labute approximate surface area is 131 Å². The Balaban J connectivity index is 1.85. The summed E-state index contributed by atoms with van der Waals surface area (Å²) < 4.78 is 3.37. The topological polar surface area (TPSA) is 32.9 Å². The molecule has 0 spiro atoms. The van der Waals surface area contributed by atoms with Crippen molar-refractivity contribution in [3.8, 4) is 0 Å². The lowest BCUT2D eigenvalue weighted by Crippen LogP contribution is -1.96. The first kappa shape index (κ1) is 12.3. The number of thiophene rings is 2. The molecule has 3 heterocycles. The third-order valence-corrected chi connectivity index (χ3v) is 5.84. The molecule has 5 heteroatoms. The summed E-state index contributed by atoms with van der Waals surface area (Å²) in [6, 6.07) is 9.97. The number of rotatable bonds is 2. The number of ketones is 1. The van der Waals surface area contributed by atoms with Crippen molar-refractivity contribution in [3.05, 3.63) is 56.8 Å². The van der Waals surface area contributed by atoms with E-state index in [4.69, 9.17) is 0 Å². The van der Waals surface area contributed by atoms with Crippen molar-refractivity contribution in [2.45, 2.75) is 0 Å². The van der Waals surface area contributed by atoms with E-state index in [1.807, 2.05) is 24.3 Å². The Bertz CT molecular complexity index is 919. The minimum absolute atomic E-state index is 0.0898. The number of hydrogen-bond acceptors (Lipinski definition) is 3. The first-order chi connectivity index (χ1) is 9.72. The van der Waals surface area contributed by atoms with E-state index in [0.717, 1.165) is 25.8 Å². The van der Waals surface area contributed by atoms with E-state index >= 15 is 0 Å². The molecule has 3 aromatic heterocycles. The summed E-state index contributed by atoms with van der Waals surface area (Å²) in [6.45, 7) is 0. The minimum Gasteiger partial charge on any atom is -0.360 e. The van der Waals surface area contributed by atoms with Gasteiger partial charge < -0.3 is 4.98 Å². The lowest BCUT2D eigenvalue weighted by atomic mass is 10.1. The van der Waals surface area contributed by atoms with E-state index in [2.05, 4.69) is 32.4 Å². The first-order valence-corrected chi connectivity index (χ1v) is 8.50. The second kappa shape index (κ2) is 4.55. The Hall–Kier alpha value is -1.43. The lowest BCUT2D eigenvalue weighted by Gasteiger charge is -1.96. The van der Waals surface area contributed by atoms with Gasteiger partial charge in [-0.2, -0.15) is 0 Å². The van der Waals surface area contributed by atoms with Crippen LogP contribution >= 0.6 is 38.6 Å². The molecule has 0 atom stereocenters. The highest BCUT2D eigenvalue weighted by atomic mass is 79.9. The van der Waals surface area contributed by atoms with Crippen LogP contribution in [-0.4, -0.2) is 10.8 Å². The molecule has 4 aromatic rings. The molecule has 0 saturated heterocycles. The van der Waals surface area contributed by atoms with Gasteiger partial charge in [0.2, 0.25) is 5.78 Å². The molecule has 0 unspecified atom stereocenters. The molecule has 1 aromatic carbocycles. The number of halogens is 1. The van der Waals surface area contributed by atoms with Crippen molar-refractivity contribution in [3.63, 3.8) is 0 Å². The third kappa shape index (κ3) is 1.85. The maximum Gasteiger partial charge on any atom is 0.205 e. The Morgan fingerprint density at radius 1 is 1.15 bits per heavy atom. The van der Waals surface area contributed by atoms with E-state index in [1.165, 1.54) is 9.40 Å². The zero-order valence-electron chi connectivity index (χ0n) is 10.1. The Morgan fingerprint density at radius 2 is 2.05 bits per heavy atom. The van der Waals surface area contributed by atoms with Crippen molar-refractivity contribution in [1.29, 1.82) is 0 Å². The van der Waals surface area contributed by atoms with Crippen LogP contribution in [0.4, 0.5) is 0 Å². The van der Waals surface area contributed by atoms with Crippen LogP contribution in [0, 0.1) is 0 Å². The second-order valence-corrected chi connectivity index (χ2v) is 7.43. The van der Waals surface area contributed by atoms with Gasteiger partial charge in [0.15, 0.2) is 0 Å². The largest absolute Gasteiger partial charge is 0.360 e. The highest BCUT2D eigenvalue weighted by molar-refractivity contribution is 9.10. The van der Waals surface area contributed by atoms with Crippen LogP contribution in [0.1, 0.15) is 15.2 Å². The predicted molar refractivity (Wildman–Crippen MR) is 89.1 cm³/mol. The molecule has 0 aliphatic rings. The average molecular weight is 362 g/mol. The number of hydrogen-bond donors (Lipinski definition) is 1. The van der Waals surface area contributed by atoms with Crippen LogP contribution in [0.3, 0.4) is 0 Å². The summed E-state index contributed by atoms with van der Waals surface area (Å²) in [5.41, 5.74) is 1.71. The molecule has 20 heavy (non-hydrogen) atoms. The molecule has 2 nitrogen and oxygen atoms in total. The number of carbonyl (C=O) groups is 1. The molecule has 0 fully saturated rings. The average Bonchev–Trinajstić information content (AvgIpc) is 3.10. The van der Waals surface area contributed by atoms with E-state index < -0.39 is 0 Å². The first-order valence-electron chi connectivity index (χ1n) is 6.01. The monoisotopic (exact) mass is 361 g/mol. The maximum absolute atomic E-state index is 12.7. The van der Waals surface area contributed by atoms with Crippen LogP contribution in [0.15, 0.2) is 46.4 Å². The summed E-state index contributed by atoms with van der Waals surface area (Å²) in [5, 5.41) is 3.02. The fourth-order valence-electron chi connectivity index (χ4n) is 2.30. The van der Waals surface area contributed by atoms with E-state index in [-0.39, 0.29) is 5.78 Å². The molecule has 1 N–H and O–H groups in total. The minimum atomic E-state index is 0.0898. The van der Waals surface area contributed by atoms with Gasteiger partial charge in [-0.3, -0.25) is 4.79 Å². The number of benzene rings is 1. The van der Waals surface area contributed by atoms with Crippen molar-refractivity contribution in [2.75, 3.05) is 0 Å². The summed E-state index contributed by atoms with van der Waals surface area (Å²) in [4.78, 5) is 16.6. The number of H-pyrrole nitrogens is 1. The zero-order chi connectivity index (χ0) is 13.7. The van der Waals surface area contributed by atoms with E-state index in [9.17, 15) is 4.79 Å². The molecular weight excluding hydrogens is 354 g/mol. The smallest absolute Gasteiger partial charge is 0.205 e. The number of nitrogens with one attached hydrogen (secondary N) is 1. The van der Waals surface area contributed by atoms with Gasteiger partial charge in [-0.15, -0.1) is 22.7 Å².